The van der Waals surface area contributed by atoms with Gasteiger partial charge in [0.2, 0.25) is 15.9 Å². The van der Waals surface area contributed by atoms with Gasteiger partial charge in [-0.2, -0.15) is 4.31 Å². The highest BCUT2D eigenvalue weighted by molar-refractivity contribution is 7.89. The Balaban J connectivity index is 2.44. The third-order valence-electron chi connectivity index (χ3n) is 3.35. The molecule has 1 aromatic carbocycles. The zero-order valence-corrected chi connectivity index (χ0v) is 14.4. The lowest BCUT2D eigenvalue weighted by Crippen LogP contribution is -2.57. The predicted molar refractivity (Wildman–Crippen MR) is 83.8 cm³/mol. The zero-order valence-electron chi connectivity index (χ0n) is 12.1. The Bertz CT molecular complexity index is 738. The number of sulfonamides is 1. The standard InChI is InChI=1S/C13H14Cl2N2O5S/c1-22-12(18)7-10-13(19)16-4-5-17(10)23(20,21)11-6-8(14)2-3-9(11)15/h2-3,6,10H,4-5,7H2,1H3,(H,16,19)/t10-/m1/s1. The van der Waals surface area contributed by atoms with Gasteiger partial charge in [0.05, 0.1) is 18.6 Å². The van der Waals surface area contributed by atoms with Crippen LogP contribution in [0.5, 0.6) is 0 Å². The van der Waals surface area contributed by atoms with Crippen LogP contribution in [0.1, 0.15) is 6.42 Å². The number of benzene rings is 1. The third kappa shape index (κ3) is 3.77. The van der Waals surface area contributed by atoms with Gasteiger partial charge in [-0.05, 0) is 18.2 Å². The second kappa shape index (κ2) is 7.04. The van der Waals surface area contributed by atoms with Gasteiger partial charge in [-0.3, -0.25) is 9.59 Å². The predicted octanol–water partition coefficient (Wildman–Crippen LogP) is 1.05. The smallest absolute Gasteiger partial charge is 0.307 e. The molecule has 0 aliphatic carbocycles. The molecule has 1 aliphatic rings. The summed E-state index contributed by atoms with van der Waals surface area (Å²) >= 11 is 11.8. The molecule has 1 amide bonds. The van der Waals surface area contributed by atoms with Crippen LogP contribution in [0.25, 0.3) is 0 Å². The number of nitrogens with zero attached hydrogens (tertiary/aromatic N) is 1. The topological polar surface area (TPSA) is 92.8 Å². The Morgan fingerprint density at radius 3 is 2.78 bits per heavy atom. The Hall–Kier alpha value is -1.35. The maximum absolute atomic E-state index is 12.8. The van der Waals surface area contributed by atoms with Crippen LogP contribution in [0, 0.1) is 0 Å². The summed E-state index contributed by atoms with van der Waals surface area (Å²) in [6.45, 7) is 0.145. The number of carbonyl (C=O) groups is 2. The Kier molecular flexibility index (Phi) is 5.51. The summed E-state index contributed by atoms with van der Waals surface area (Å²) in [5.41, 5.74) is 0. The van der Waals surface area contributed by atoms with E-state index in [4.69, 9.17) is 23.2 Å². The van der Waals surface area contributed by atoms with E-state index in [1.54, 1.807) is 0 Å². The lowest BCUT2D eigenvalue weighted by atomic mass is 10.1. The second-order valence-corrected chi connectivity index (χ2v) is 7.48. The van der Waals surface area contributed by atoms with Crippen LogP contribution < -0.4 is 5.32 Å². The Labute approximate surface area is 143 Å². The number of rotatable bonds is 4. The molecule has 0 saturated carbocycles. The molecule has 1 aliphatic heterocycles. The molecule has 2 rings (SSSR count). The fraction of sp³-hybridized carbons (Fsp3) is 0.385. The average molecular weight is 381 g/mol. The van der Waals surface area contributed by atoms with Crippen molar-refractivity contribution in [1.29, 1.82) is 0 Å². The molecule has 1 N–H and O–H groups in total. The minimum atomic E-state index is -4.10. The minimum Gasteiger partial charge on any atom is -0.469 e. The van der Waals surface area contributed by atoms with E-state index in [0.29, 0.717) is 0 Å². The molecule has 7 nitrogen and oxygen atoms in total. The zero-order chi connectivity index (χ0) is 17.2. The molecule has 1 fully saturated rings. The highest BCUT2D eigenvalue weighted by Crippen LogP contribution is 2.29. The van der Waals surface area contributed by atoms with Gasteiger partial charge in [0.25, 0.3) is 0 Å². The molecule has 1 heterocycles. The second-order valence-electron chi connectivity index (χ2n) is 4.78. The van der Waals surface area contributed by atoms with E-state index in [0.717, 1.165) is 11.4 Å². The Morgan fingerprint density at radius 2 is 2.13 bits per heavy atom. The van der Waals surface area contributed by atoms with E-state index in [2.05, 4.69) is 10.1 Å². The van der Waals surface area contributed by atoms with Crippen molar-refractivity contribution in [2.24, 2.45) is 0 Å². The van der Waals surface area contributed by atoms with Crippen molar-refractivity contribution in [3.05, 3.63) is 28.2 Å². The molecule has 10 heteroatoms. The number of esters is 1. The molecule has 23 heavy (non-hydrogen) atoms. The van der Waals surface area contributed by atoms with Gasteiger partial charge in [-0.25, -0.2) is 8.42 Å². The van der Waals surface area contributed by atoms with Gasteiger partial charge in [0.1, 0.15) is 10.9 Å². The van der Waals surface area contributed by atoms with Crippen LogP contribution in [0.4, 0.5) is 0 Å². The lowest BCUT2D eigenvalue weighted by Gasteiger charge is -2.33. The number of hydrogen-bond acceptors (Lipinski definition) is 5. The SMILES string of the molecule is COC(=O)C[C@@H]1C(=O)NCCN1S(=O)(=O)c1cc(Cl)ccc1Cl. The first-order valence-corrected chi connectivity index (χ1v) is 8.78. The van der Waals surface area contributed by atoms with Gasteiger partial charge >= 0.3 is 5.97 Å². The third-order valence-corrected chi connectivity index (χ3v) is 5.97. The fourth-order valence-electron chi connectivity index (χ4n) is 2.22. The van der Waals surface area contributed by atoms with Crippen molar-refractivity contribution in [2.75, 3.05) is 20.2 Å². The summed E-state index contributed by atoms with van der Waals surface area (Å²) in [6.07, 6.45) is -0.389. The number of piperazine rings is 1. The van der Waals surface area contributed by atoms with Gasteiger partial charge in [0, 0.05) is 18.1 Å². The fourth-order valence-corrected chi connectivity index (χ4v) is 4.55. The number of methoxy groups -OCH3 is 1. The molecular formula is C13H14Cl2N2O5S. The number of hydrogen-bond donors (Lipinski definition) is 1. The van der Waals surface area contributed by atoms with Crippen LogP contribution in [-0.2, 0) is 24.3 Å². The van der Waals surface area contributed by atoms with E-state index < -0.39 is 27.9 Å². The van der Waals surface area contributed by atoms with Crippen molar-refractivity contribution in [3.63, 3.8) is 0 Å². The largest absolute Gasteiger partial charge is 0.469 e. The van der Waals surface area contributed by atoms with Crippen LogP contribution in [0.15, 0.2) is 23.1 Å². The van der Waals surface area contributed by atoms with Crippen molar-refractivity contribution in [3.8, 4) is 0 Å². The first-order valence-electron chi connectivity index (χ1n) is 6.59. The summed E-state index contributed by atoms with van der Waals surface area (Å²) in [7, 11) is -2.94. The number of carbonyl (C=O) groups excluding carboxylic acids is 2. The van der Waals surface area contributed by atoms with Crippen LogP contribution in [-0.4, -0.2) is 50.8 Å². The van der Waals surface area contributed by atoms with E-state index >= 15 is 0 Å². The van der Waals surface area contributed by atoms with Gasteiger partial charge < -0.3 is 10.1 Å². The molecular weight excluding hydrogens is 367 g/mol. The van der Waals surface area contributed by atoms with Crippen LogP contribution in [0.3, 0.4) is 0 Å². The molecule has 1 saturated heterocycles. The number of amides is 1. The maximum atomic E-state index is 12.8. The molecule has 0 spiro atoms. The summed E-state index contributed by atoms with van der Waals surface area (Å²) in [5, 5.41) is 2.71. The number of ether oxygens (including phenoxy) is 1. The first kappa shape index (κ1) is 18.0. The van der Waals surface area contributed by atoms with Crippen LogP contribution in [0.2, 0.25) is 10.0 Å². The molecule has 0 aromatic heterocycles. The summed E-state index contributed by atoms with van der Waals surface area (Å²) in [6, 6.07) is 2.82. The summed E-state index contributed by atoms with van der Waals surface area (Å²) in [4.78, 5) is 23.3. The number of nitrogens with one attached hydrogen (secondary N) is 1. The highest BCUT2D eigenvalue weighted by atomic mass is 35.5. The average Bonchev–Trinajstić information content (AvgIpc) is 2.51. The van der Waals surface area contributed by atoms with Crippen molar-refractivity contribution in [1.82, 2.24) is 9.62 Å². The Morgan fingerprint density at radius 1 is 1.43 bits per heavy atom. The van der Waals surface area contributed by atoms with Gasteiger partial charge in [0.15, 0.2) is 0 Å². The van der Waals surface area contributed by atoms with Gasteiger partial charge in [-0.15, -0.1) is 0 Å². The molecule has 0 unspecified atom stereocenters. The maximum Gasteiger partial charge on any atom is 0.307 e. The monoisotopic (exact) mass is 380 g/mol. The van der Waals surface area contributed by atoms with E-state index in [1.807, 2.05) is 0 Å². The molecule has 0 radical (unpaired) electrons. The quantitative estimate of drug-likeness (QED) is 0.787. The highest BCUT2D eigenvalue weighted by Gasteiger charge is 2.40. The van der Waals surface area contributed by atoms with E-state index in [1.165, 1.54) is 18.2 Å². The summed E-state index contributed by atoms with van der Waals surface area (Å²) < 4.78 is 31.1. The molecule has 1 atom stereocenters. The normalized spacial score (nSPS) is 19.3. The minimum absolute atomic E-state index is 0.0125. The van der Waals surface area contributed by atoms with Crippen molar-refractivity contribution >= 4 is 45.1 Å². The molecule has 0 bridgehead atoms. The lowest BCUT2D eigenvalue weighted by molar-refractivity contribution is -0.144. The van der Waals surface area contributed by atoms with Crippen molar-refractivity contribution < 1.29 is 22.7 Å². The number of halogens is 2. The molecule has 126 valence electrons. The van der Waals surface area contributed by atoms with Gasteiger partial charge in [-0.1, -0.05) is 23.2 Å². The first-order chi connectivity index (χ1) is 10.8. The van der Waals surface area contributed by atoms with Crippen molar-refractivity contribution in [2.45, 2.75) is 17.4 Å². The van der Waals surface area contributed by atoms with E-state index in [9.17, 15) is 18.0 Å². The molecule has 1 aromatic rings. The summed E-state index contributed by atoms with van der Waals surface area (Å²) in [5.74, 6) is -1.26. The van der Waals surface area contributed by atoms with Crippen LogP contribution >= 0.6 is 23.2 Å². The van der Waals surface area contributed by atoms with E-state index in [-0.39, 0.29) is 34.5 Å².